The molecule has 0 bridgehead atoms. The Morgan fingerprint density at radius 3 is 2.50 bits per heavy atom. The van der Waals surface area contributed by atoms with E-state index in [9.17, 15) is 0 Å². The molecule has 2 aromatic heterocycles. The van der Waals surface area contributed by atoms with Gasteiger partial charge in [-0.2, -0.15) is 0 Å². The first-order valence-corrected chi connectivity index (χ1v) is 6.31. The highest BCUT2D eigenvalue weighted by molar-refractivity contribution is 5.92. The van der Waals surface area contributed by atoms with Gasteiger partial charge in [0.15, 0.2) is 0 Å². The number of para-hydroxylation sites is 1. The lowest BCUT2D eigenvalue weighted by Gasteiger charge is -1.97. The number of fused-ring (bicyclic) bond motifs is 3. The van der Waals surface area contributed by atoms with E-state index in [0.29, 0.717) is 0 Å². The van der Waals surface area contributed by atoms with Crippen LogP contribution in [0.3, 0.4) is 0 Å². The maximum absolute atomic E-state index is 3.97. The van der Waals surface area contributed by atoms with Crippen molar-refractivity contribution < 1.29 is 0 Å². The van der Waals surface area contributed by atoms with E-state index in [1.54, 1.807) is 0 Å². The van der Waals surface area contributed by atoms with Crippen molar-refractivity contribution in [1.82, 2.24) is 4.40 Å². The second-order valence-electron chi connectivity index (χ2n) is 4.74. The van der Waals surface area contributed by atoms with Crippen LogP contribution in [0.2, 0.25) is 0 Å². The van der Waals surface area contributed by atoms with Gasteiger partial charge in [0.2, 0.25) is 0 Å². The molecule has 0 N–H and O–H groups in total. The summed E-state index contributed by atoms with van der Waals surface area (Å²) >= 11 is 0. The van der Waals surface area contributed by atoms with Crippen LogP contribution < -0.4 is 5.22 Å². The standard InChI is InChI=1S/C17H17N/c1-5-13-14-9-7-8-10-16(14)18-15(6-2)11(3)12(4)17(13)18/h5-10H,2H2,1,3-4H3/b13-5-. The van der Waals surface area contributed by atoms with Gasteiger partial charge in [-0.05, 0) is 44.0 Å². The minimum atomic E-state index is 1.21. The first-order valence-electron chi connectivity index (χ1n) is 6.31. The zero-order chi connectivity index (χ0) is 12.9. The topological polar surface area (TPSA) is 4.41 Å². The van der Waals surface area contributed by atoms with Gasteiger partial charge in [0.05, 0.1) is 11.0 Å². The first kappa shape index (κ1) is 11.1. The lowest BCUT2D eigenvalue weighted by molar-refractivity contribution is 1.24. The van der Waals surface area contributed by atoms with E-state index in [4.69, 9.17) is 0 Å². The Kier molecular flexibility index (Phi) is 2.30. The monoisotopic (exact) mass is 235 g/mol. The van der Waals surface area contributed by atoms with E-state index in [1.807, 2.05) is 6.08 Å². The van der Waals surface area contributed by atoms with E-state index < -0.39 is 0 Å². The third kappa shape index (κ3) is 1.16. The van der Waals surface area contributed by atoms with E-state index in [-0.39, 0.29) is 0 Å². The zero-order valence-electron chi connectivity index (χ0n) is 11.1. The van der Waals surface area contributed by atoms with Crippen LogP contribution >= 0.6 is 0 Å². The molecule has 90 valence electrons. The van der Waals surface area contributed by atoms with Gasteiger partial charge >= 0.3 is 0 Å². The molecule has 0 atom stereocenters. The summed E-state index contributed by atoms with van der Waals surface area (Å²) < 4.78 is 2.34. The van der Waals surface area contributed by atoms with Crippen molar-refractivity contribution in [1.29, 1.82) is 0 Å². The van der Waals surface area contributed by atoms with Crippen LogP contribution in [0.1, 0.15) is 23.7 Å². The normalized spacial score (nSPS) is 12.7. The van der Waals surface area contributed by atoms with Crippen molar-refractivity contribution in [2.24, 2.45) is 0 Å². The SMILES string of the molecule is C=Cc1c(C)c(C)c2/c(=C\C)c3ccccc3n12. The number of benzene rings is 1. The van der Waals surface area contributed by atoms with Crippen molar-refractivity contribution in [3.05, 3.63) is 52.9 Å². The molecular formula is C17H17N. The van der Waals surface area contributed by atoms with Crippen molar-refractivity contribution in [3.8, 4) is 0 Å². The van der Waals surface area contributed by atoms with Crippen LogP contribution in [0, 0.1) is 13.8 Å². The van der Waals surface area contributed by atoms with Crippen LogP contribution in [-0.4, -0.2) is 4.40 Å². The molecule has 3 aromatic rings. The fourth-order valence-electron chi connectivity index (χ4n) is 2.96. The predicted octanol–water partition coefficient (Wildman–Crippen LogP) is 3.87. The molecule has 0 fully saturated rings. The molecule has 0 unspecified atom stereocenters. The molecule has 3 rings (SSSR count). The molecule has 0 saturated carbocycles. The summed E-state index contributed by atoms with van der Waals surface area (Å²) in [7, 11) is 0. The second-order valence-corrected chi connectivity index (χ2v) is 4.74. The van der Waals surface area contributed by atoms with E-state index in [1.165, 1.54) is 38.5 Å². The van der Waals surface area contributed by atoms with Gasteiger partial charge in [-0.3, -0.25) is 0 Å². The third-order valence-electron chi connectivity index (χ3n) is 3.94. The summed E-state index contributed by atoms with van der Waals surface area (Å²) in [4.78, 5) is 0. The highest BCUT2D eigenvalue weighted by atomic mass is 14.9. The molecule has 0 spiro atoms. The fourth-order valence-corrected chi connectivity index (χ4v) is 2.96. The van der Waals surface area contributed by atoms with Crippen LogP contribution in [0.5, 0.6) is 0 Å². The summed E-state index contributed by atoms with van der Waals surface area (Å²) in [5, 5.41) is 2.65. The maximum Gasteiger partial charge on any atom is 0.0570 e. The Morgan fingerprint density at radius 2 is 1.83 bits per heavy atom. The lowest BCUT2D eigenvalue weighted by atomic mass is 10.1. The van der Waals surface area contributed by atoms with Gasteiger partial charge in [-0.1, -0.05) is 30.9 Å². The number of nitrogens with zero attached hydrogens (tertiary/aromatic N) is 1. The van der Waals surface area contributed by atoms with Crippen LogP contribution in [0.4, 0.5) is 0 Å². The summed E-state index contributed by atoms with van der Waals surface area (Å²) in [6, 6.07) is 8.57. The largest absolute Gasteiger partial charge is 0.309 e. The first-order chi connectivity index (χ1) is 8.70. The highest BCUT2D eigenvalue weighted by Gasteiger charge is 2.15. The van der Waals surface area contributed by atoms with Gasteiger partial charge < -0.3 is 4.40 Å². The molecule has 0 aliphatic carbocycles. The van der Waals surface area contributed by atoms with Gasteiger partial charge in [0.1, 0.15) is 0 Å². The number of hydrogen-bond acceptors (Lipinski definition) is 0. The molecule has 1 aromatic carbocycles. The van der Waals surface area contributed by atoms with Gasteiger partial charge in [0.25, 0.3) is 0 Å². The molecule has 0 aliphatic heterocycles. The average Bonchev–Trinajstić information content (AvgIpc) is 2.84. The molecular weight excluding hydrogens is 218 g/mol. The number of aryl methyl sites for hydroxylation is 1. The molecule has 1 nitrogen and oxygen atoms in total. The van der Waals surface area contributed by atoms with E-state index in [0.717, 1.165) is 0 Å². The summed E-state index contributed by atoms with van der Waals surface area (Å²) in [5.41, 5.74) is 6.49. The minimum absolute atomic E-state index is 1.21. The molecule has 18 heavy (non-hydrogen) atoms. The van der Waals surface area contributed by atoms with Crippen molar-refractivity contribution in [3.63, 3.8) is 0 Å². The smallest absolute Gasteiger partial charge is 0.0570 e. The van der Waals surface area contributed by atoms with Gasteiger partial charge in [-0.25, -0.2) is 0 Å². The lowest BCUT2D eigenvalue weighted by Crippen LogP contribution is -1.97. The molecule has 2 heterocycles. The highest BCUT2D eigenvalue weighted by Crippen LogP contribution is 2.26. The molecule has 0 amide bonds. The quantitative estimate of drug-likeness (QED) is 0.603. The number of aromatic nitrogens is 1. The Balaban J connectivity index is 2.77. The minimum Gasteiger partial charge on any atom is -0.309 e. The predicted molar refractivity (Wildman–Crippen MR) is 79.8 cm³/mol. The Bertz CT molecular complexity index is 819. The number of hydrogen-bond donors (Lipinski definition) is 0. The summed E-state index contributed by atoms with van der Waals surface area (Å²) in [5.74, 6) is 0. The third-order valence-corrected chi connectivity index (χ3v) is 3.94. The summed E-state index contributed by atoms with van der Waals surface area (Å²) in [6.07, 6.45) is 4.16. The average molecular weight is 235 g/mol. The van der Waals surface area contributed by atoms with Crippen LogP contribution in [0.15, 0.2) is 30.8 Å². The van der Waals surface area contributed by atoms with Crippen LogP contribution in [0.25, 0.3) is 28.6 Å². The molecule has 0 radical (unpaired) electrons. The van der Waals surface area contributed by atoms with Crippen molar-refractivity contribution in [2.75, 3.05) is 0 Å². The Morgan fingerprint density at radius 1 is 1.11 bits per heavy atom. The molecule has 0 aliphatic rings. The van der Waals surface area contributed by atoms with Crippen molar-refractivity contribution >= 4 is 28.6 Å². The fraction of sp³-hybridized carbons (Fsp3) is 0.176. The number of rotatable bonds is 1. The van der Waals surface area contributed by atoms with Gasteiger partial charge in [-0.15, -0.1) is 0 Å². The second kappa shape index (κ2) is 3.74. The Hall–Kier alpha value is -2.02. The molecule has 1 heteroatoms. The van der Waals surface area contributed by atoms with E-state index >= 15 is 0 Å². The van der Waals surface area contributed by atoms with E-state index in [2.05, 4.69) is 62.1 Å². The summed E-state index contributed by atoms with van der Waals surface area (Å²) in [6.45, 7) is 10.4. The molecule has 0 saturated heterocycles. The maximum atomic E-state index is 3.97. The zero-order valence-corrected chi connectivity index (χ0v) is 11.1. The van der Waals surface area contributed by atoms with Gasteiger partial charge in [0, 0.05) is 16.3 Å². The van der Waals surface area contributed by atoms with Crippen molar-refractivity contribution in [2.45, 2.75) is 20.8 Å². The Labute approximate surface area is 107 Å². The van der Waals surface area contributed by atoms with Crippen LogP contribution in [-0.2, 0) is 0 Å².